The molecule has 0 bridgehead atoms. The summed E-state index contributed by atoms with van der Waals surface area (Å²) in [5, 5.41) is 11.4. The summed E-state index contributed by atoms with van der Waals surface area (Å²) in [5.74, 6) is -0.817. The summed E-state index contributed by atoms with van der Waals surface area (Å²) in [4.78, 5) is 12.7. The SMILES string of the molecule is CCOc1cc(C(F)(F)F)ccc1C(=O)NCC(C)c1ccc(S(=O)(=O)Nc2nnc(C(C)C)s2)cc1. The van der Waals surface area contributed by atoms with Crippen LogP contribution in [0.5, 0.6) is 5.75 Å². The van der Waals surface area contributed by atoms with E-state index in [2.05, 4.69) is 20.2 Å². The molecule has 3 aromatic rings. The molecule has 3 rings (SSSR count). The molecule has 2 aromatic carbocycles. The molecule has 200 valence electrons. The molecule has 1 unspecified atom stereocenters. The third-order valence-corrected chi connectivity index (χ3v) is 7.96. The first-order valence-corrected chi connectivity index (χ1v) is 13.7. The summed E-state index contributed by atoms with van der Waals surface area (Å²) in [6.45, 7) is 7.57. The number of carbonyl (C=O) groups is 1. The van der Waals surface area contributed by atoms with Crippen LogP contribution in [0.3, 0.4) is 0 Å². The van der Waals surface area contributed by atoms with Crippen molar-refractivity contribution in [2.24, 2.45) is 0 Å². The molecule has 0 spiro atoms. The van der Waals surface area contributed by atoms with Gasteiger partial charge in [0.25, 0.3) is 15.9 Å². The number of alkyl halides is 3. The van der Waals surface area contributed by atoms with Crippen molar-refractivity contribution < 1.29 is 31.1 Å². The number of aromatic nitrogens is 2. The van der Waals surface area contributed by atoms with Gasteiger partial charge in [0, 0.05) is 12.5 Å². The Morgan fingerprint density at radius 3 is 2.32 bits per heavy atom. The highest BCUT2D eigenvalue weighted by Gasteiger charge is 2.32. The smallest absolute Gasteiger partial charge is 0.416 e. The van der Waals surface area contributed by atoms with E-state index in [9.17, 15) is 26.4 Å². The number of rotatable bonds is 10. The van der Waals surface area contributed by atoms with E-state index in [-0.39, 0.29) is 46.3 Å². The quantitative estimate of drug-likeness (QED) is 0.345. The van der Waals surface area contributed by atoms with Crippen molar-refractivity contribution in [3.63, 3.8) is 0 Å². The zero-order chi connectivity index (χ0) is 27.4. The minimum Gasteiger partial charge on any atom is -0.493 e. The lowest BCUT2D eigenvalue weighted by atomic mass is 10.0. The minimum atomic E-state index is -4.56. The zero-order valence-electron chi connectivity index (χ0n) is 20.6. The fraction of sp³-hybridized carbons (Fsp3) is 0.375. The van der Waals surface area contributed by atoms with Crippen molar-refractivity contribution in [1.29, 1.82) is 0 Å². The van der Waals surface area contributed by atoms with Gasteiger partial charge in [-0.1, -0.05) is 44.2 Å². The van der Waals surface area contributed by atoms with Crippen LogP contribution < -0.4 is 14.8 Å². The molecule has 37 heavy (non-hydrogen) atoms. The molecule has 1 amide bonds. The van der Waals surface area contributed by atoms with E-state index in [0.717, 1.165) is 23.8 Å². The molecule has 2 N–H and O–H groups in total. The third kappa shape index (κ3) is 7.19. The van der Waals surface area contributed by atoms with E-state index in [4.69, 9.17) is 4.74 Å². The second kappa shape index (κ2) is 11.5. The van der Waals surface area contributed by atoms with Crippen LogP contribution >= 0.6 is 11.3 Å². The van der Waals surface area contributed by atoms with Crippen molar-refractivity contribution in [2.45, 2.75) is 50.6 Å². The third-order valence-electron chi connectivity index (χ3n) is 5.34. The van der Waals surface area contributed by atoms with Crippen LogP contribution in [0.4, 0.5) is 18.3 Å². The summed E-state index contributed by atoms with van der Waals surface area (Å²) in [6.07, 6.45) is -4.56. The molecule has 0 fully saturated rings. The first-order chi connectivity index (χ1) is 17.3. The number of nitrogens with one attached hydrogen (secondary N) is 2. The standard InChI is InChI=1S/C24H27F3N4O4S2/c1-5-35-20-12-17(24(25,26)27)8-11-19(20)21(32)28-13-15(4)16-6-9-18(10-7-16)37(33,34)31-23-30-29-22(36-23)14(2)3/h6-12,14-15H,5,13H2,1-4H3,(H,28,32)(H,30,31). The Bertz CT molecular complexity index is 1340. The highest BCUT2D eigenvalue weighted by atomic mass is 32.2. The van der Waals surface area contributed by atoms with Crippen LogP contribution in [-0.2, 0) is 16.2 Å². The predicted octanol–water partition coefficient (Wildman–Crippen LogP) is 5.41. The number of sulfonamides is 1. The molecule has 0 aliphatic carbocycles. The average molecular weight is 557 g/mol. The molecule has 1 aromatic heterocycles. The lowest BCUT2D eigenvalue weighted by Gasteiger charge is -2.16. The van der Waals surface area contributed by atoms with Gasteiger partial charge in [-0.25, -0.2) is 8.42 Å². The van der Waals surface area contributed by atoms with Gasteiger partial charge in [-0.2, -0.15) is 13.2 Å². The summed E-state index contributed by atoms with van der Waals surface area (Å²) in [6, 6.07) is 8.89. The van der Waals surface area contributed by atoms with Gasteiger partial charge < -0.3 is 10.1 Å². The molecule has 0 aliphatic heterocycles. The Hall–Kier alpha value is -3.19. The number of ether oxygens (including phenoxy) is 1. The first-order valence-electron chi connectivity index (χ1n) is 11.4. The van der Waals surface area contributed by atoms with Gasteiger partial charge in [0.15, 0.2) is 0 Å². The minimum absolute atomic E-state index is 0.00753. The summed E-state index contributed by atoms with van der Waals surface area (Å²) < 4.78 is 72.1. The van der Waals surface area contributed by atoms with Crippen LogP contribution in [0, 0.1) is 0 Å². The zero-order valence-corrected chi connectivity index (χ0v) is 22.2. The predicted molar refractivity (Wildman–Crippen MR) is 135 cm³/mol. The van der Waals surface area contributed by atoms with Gasteiger partial charge in [-0.3, -0.25) is 9.52 Å². The summed E-state index contributed by atoms with van der Waals surface area (Å²) in [7, 11) is -3.86. The Labute approximate surface area is 217 Å². The number of halogens is 3. The summed E-state index contributed by atoms with van der Waals surface area (Å²) in [5.41, 5.74) is -0.154. The Morgan fingerprint density at radius 1 is 1.08 bits per heavy atom. The van der Waals surface area contributed by atoms with Crippen molar-refractivity contribution in [3.8, 4) is 5.75 Å². The monoisotopic (exact) mass is 556 g/mol. The van der Waals surface area contributed by atoms with E-state index < -0.39 is 27.7 Å². The highest BCUT2D eigenvalue weighted by Crippen LogP contribution is 2.33. The van der Waals surface area contributed by atoms with Gasteiger partial charge in [0.1, 0.15) is 10.8 Å². The molecule has 13 heteroatoms. The molecule has 0 radical (unpaired) electrons. The molecular formula is C24H27F3N4O4S2. The van der Waals surface area contributed by atoms with E-state index in [0.29, 0.717) is 5.01 Å². The van der Waals surface area contributed by atoms with Gasteiger partial charge in [-0.05, 0) is 48.7 Å². The maximum Gasteiger partial charge on any atom is 0.416 e. The van der Waals surface area contributed by atoms with Gasteiger partial charge in [-0.15, -0.1) is 10.2 Å². The molecular weight excluding hydrogens is 529 g/mol. The van der Waals surface area contributed by atoms with Crippen LogP contribution in [0.25, 0.3) is 0 Å². The van der Waals surface area contributed by atoms with E-state index in [1.165, 1.54) is 23.5 Å². The second-order valence-corrected chi connectivity index (χ2v) is 11.2. The van der Waals surface area contributed by atoms with Crippen molar-refractivity contribution in [3.05, 3.63) is 64.2 Å². The number of carbonyl (C=O) groups excluding carboxylic acids is 1. The lowest BCUT2D eigenvalue weighted by Crippen LogP contribution is -2.28. The Morgan fingerprint density at radius 2 is 1.76 bits per heavy atom. The average Bonchev–Trinajstić information content (AvgIpc) is 3.30. The lowest BCUT2D eigenvalue weighted by molar-refractivity contribution is -0.137. The molecule has 0 aliphatic rings. The van der Waals surface area contributed by atoms with Gasteiger partial charge in [0.2, 0.25) is 5.13 Å². The number of hydrogen-bond donors (Lipinski definition) is 2. The molecule has 1 atom stereocenters. The Balaban J connectivity index is 1.65. The summed E-state index contributed by atoms with van der Waals surface area (Å²) >= 11 is 1.17. The van der Waals surface area contributed by atoms with Gasteiger partial charge >= 0.3 is 6.18 Å². The molecule has 1 heterocycles. The number of nitrogens with zero attached hydrogens (tertiary/aromatic N) is 2. The van der Waals surface area contributed by atoms with Crippen LogP contribution in [-0.4, -0.2) is 37.7 Å². The number of anilines is 1. The fourth-order valence-corrected chi connectivity index (χ4v) is 5.25. The number of benzene rings is 2. The highest BCUT2D eigenvalue weighted by molar-refractivity contribution is 7.93. The second-order valence-electron chi connectivity index (χ2n) is 8.53. The largest absolute Gasteiger partial charge is 0.493 e. The maximum absolute atomic E-state index is 13.0. The maximum atomic E-state index is 13.0. The topological polar surface area (TPSA) is 110 Å². The van der Waals surface area contributed by atoms with E-state index in [1.807, 2.05) is 20.8 Å². The van der Waals surface area contributed by atoms with Crippen molar-refractivity contribution in [1.82, 2.24) is 15.5 Å². The van der Waals surface area contributed by atoms with E-state index in [1.54, 1.807) is 19.1 Å². The molecule has 0 saturated heterocycles. The van der Waals surface area contributed by atoms with Gasteiger partial charge in [0.05, 0.1) is 22.6 Å². The van der Waals surface area contributed by atoms with Crippen LogP contribution in [0.15, 0.2) is 47.4 Å². The molecule has 8 nitrogen and oxygen atoms in total. The normalized spacial score (nSPS) is 12.9. The fourth-order valence-electron chi connectivity index (χ4n) is 3.28. The van der Waals surface area contributed by atoms with E-state index >= 15 is 0 Å². The Kier molecular flexibility index (Phi) is 8.80. The molecule has 0 saturated carbocycles. The first kappa shape index (κ1) is 28.4. The number of amides is 1. The van der Waals surface area contributed by atoms with Crippen LogP contribution in [0.1, 0.15) is 66.0 Å². The van der Waals surface area contributed by atoms with Crippen molar-refractivity contribution >= 4 is 32.4 Å². The van der Waals surface area contributed by atoms with Crippen molar-refractivity contribution in [2.75, 3.05) is 17.9 Å². The number of hydrogen-bond acceptors (Lipinski definition) is 7. The van der Waals surface area contributed by atoms with Crippen LogP contribution in [0.2, 0.25) is 0 Å².